The highest BCUT2D eigenvalue weighted by molar-refractivity contribution is 4.95. The van der Waals surface area contributed by atoms with Gasteiger partial charge in [0.15, 0.2) is 0 Å². The summed E-state index contributed by atoms with van der Waals surface area (Å²) in [5.41, 5.74) is 0.936. The maximum Gasteiger partial charge on any atom is 0.266 e. The van der Waals surface area contributed by atoms with Gasteiger partial charge in [-0.3, -0.25) is 14.6 Å². The van der Waals surface area contributed by atoms with Crippen LogP contribution >= 0.6 is 0 Å². The van der Waals surface area contributed by atoms with Crippen LogP contribution in [0.2, 0.25) is 0 Å². The summed E-state index contributed by atoms with van der Waals surface area (Å²) in [6, 6.07) is 5.12. The topological polar surface area (TPSA) is 67.4 Å². The number of hydrogen-bond donors (Lipinski definition) is 0. The lowest BCUT2D eigenvalue weighted by Crippen LogP contribution is -2.47. The monoisotopic (exact) mass is 289 g/mol. The fraction of sp³-hybridized carbons (Fsp3) is 0.500. The van der Waals surface area contributed by atoms with Gasteiger partial charge in [0.25, 0.3) is 5.56 Å². The molecule has 21 heavy (non-hydrogen) atoms. The Labute approximate surface area is 122 Å². The second kappa shape index (κ2) is 6.64. The minimum Gasteiger partial charge on any atom is -0.364 e. The first-order chi connectivity index (χ1) is 10.3. The Kier molecular flexibility index (Phi) is 4.42. The Morgan fingerprint density at radius 3 is 2.62 bits per heavy atom. The van der Waals surface area contributed by atoms with Gasteiger partial charge < -0.3 is 4.52 Å². The van der Waals surface area contributed by atoms with Crippen LogP contribution in [0.4, 0.5) is 0 Å². The van der Waals surface area contributed by atoms with Gasteiger partial charge in [0.2, 0.25) is 0 Å². The van der Waals surface area contributed by atoms with Crippen molar-refractivity contribution in [3.63, 3.8) is 0 Å². The molecule has 0 spiro atoms. The van der Waals surface area contributed by atoms with Crippen molar-refractivity contribution in [1.82, 2.24) is 24.7 Å². The quantitative estimate of drug-likeness (QED) is 0.775. The molecule has 2 aromatic heterocycles. The summed E-state index contributed by atoms with van der Waals surface area (Å²) in [7, 11) is 0. The molecule has 0 unspecified atom stereocenters. The molecule has 0 N–H and O–H groups in total. The fourth-order valence-corrected chi connectivity index (χ4v) is 2.51. The van der Waals surface area contributed by atoms with Crippen molar-refractivity contribution in [1.29, 1.82) is 0 Å². The van der Waals surface area contributed by atoms with Crippen molar-refractivity contribution in [2.24, 2.45) is 0 Å². The van der Waals surface area contributed by atoms with Gasteiger partial charge in [-0.1, -0.05) is 5.16 Å². The van der Waals surface area contributed by atoms with Crippen LogP contribution in [0.25, 0.3) is 0 Å². The minimum absolute atomic E-state index is 0.0397. The normalized spacial score (nSPS) is 17.1. The lowest BCUT2D eigenvalue weighted by molar-refractivity contribution is 0.120. The molecule has 0 aromatic carbocycles. The van der Waals surface area contributed by atoms with E-state index < -0.39 is 0 Å². The third kappa shape index (κ3) is 3.77. The largest absolute Gasteiger partial charge is 0.364 e. The molecule has 0 bridgehead atoms. The van der Waals surface area contributed by atoms with Crippen molar-refractivity contribution < 1.29 is 4.52 Å². The Hall–Kier alpha value is -1.99. The van der Waals surface area contributed by atoms with Gasteiger partial charge in [-0.2, -0.15) is 5.10 Å². The first kappa shape index (κ1) is 14.0. The van der Waals surface area contributed by atoms with Gasteiger partial charge in [0.05, 0.1) is 12.2 Å². The molecule has 0 amide bonds. The number of hydrogen-bond acceptors (Lipinski definition) is 6. The molecule has 0 aliphatic carbocycles. The number of nitrogens with zero attached hydrogens (tertiary/aromatic N) is 5. The molecular weight excluding hydrogens is 270 g/mol. The average molecular weight is 289 g/mol. The second-order valence-electron chi connectivity index (χ2n) is 5.19. The molecule has 7 heteroatoms. The van der Waals surface area contributed by atoms with Gasteiger partial charge in [-0.15, -0.1) is 0 Å². The third-order valence-electron chi connectivity index (χ3n) is 3.76. The molecule has 0 saturated carbocycles. The smallest absolute Gasteiger partial charge is 0.266 e. The molecule has 1 saturated heterocycles. The average Bonchev–Trinajstić information content (AvgIpc) is 3.01. The summed E-state index contributed by atoms with van der Waals surface area (Å²) in [6.07, 6.45) is 3.26. The number of rotatable bonds is 5. The molecule has 1 fully saturated rings. The van der Waals surface area contributed by atoms with Crippen LogP contribution in [0.3, 0.4) is 0 Å². The Morgan fingerprint density at radius 1 is 1.10 bits per heavy atom. The lowest BCUT2D eigenvalue weighted by atomic mass is 10.3. The molecule has 3 heterocycles. The summed E-state index contributed by atoms with van der Waals surface area (Å²) in [5.74, 6) is 0. The molecule has 3 rings (SSSR count). The van der Waals surface area contributed by atoms with Crippen LogP contribution in [0.5, 0.6) is 0 Å². The Morgan fingerprint density at radius 2 is 1.90 bits per heavy atom. The molecule has 1 aliphatic heterocycles. The zero-order valence-electron chi connectivity index (χ0n) is 11.9. The zero-order valence-corrected chi connectivity index (χ0v) is 11.9. The predicted octanol–water partition coefficient (Wildman–Crippen LogP) is 0.0491. The summed E-state index contributed by atoms with van der Waals surface area (Å²) in [5, 5.41) is 8.01. The zero-order chi connectivity index (χ0) is 14.5. The highest BCUT2D eigenvalue weighted by Gasteiger charge is 2.17. The van der Waals surface area contributed by atoms with Crippen LogP contribution in [-0.4, -0.2) is 57.5 Å². The van der Waals surface area contributed by atoms with Crippen molar-refractivity contribution in [3.8, 4) is 0 Å². The molecule has 112 valence electrons. The van der Waals surface area contributed by atoms with E-state index in [1.165, 1.54) is 4.68 Å². The van der Waals surface area contributed by atoms with E-state index in [-0.39, 0.29) is 5.56 Å². The minimum atomic E-state index is -0.0397. The first-order valence-electron chi connectivity index (χ1n) is 7.17. The van der Waals surface area contributed by atoms with E-state index in [2.05, 4.69) is 20.1 Å². The van der Waals surface area contributed by atoms with Crippen LogP contribution in [0.1, 0.15) is 5.69 Å². The molecule has 1 aliphatic rings. The maximum atomic E-state index is 11.6. The molecule has 2 aromatic rings. The van der Waals surface area contributed by atoms with E-state index in [1.807, 2.05) is 6.07 Å². The van der Waals surface area contributed by atoms with Crippen LogP contribution in [0.15, 0.2) is 40.0 Å². The summed E-state index contributed by atoms with van der Waals surface area (Å²) in [6.45, 7) is 6.34. The molecular formula is C14H19N5O2. The van der Waals surface area contributed by atoms with Crippen LogP contribution < -0.4 is 5.56 Å². The van der Waals surface area contributed by atoms with E-state index in [1.54, 1.807) is 24.6 Å². The highest BCUT2D eigenvalue weighted by atomic mass is 16.5. The predicted molar refractivity (Wildman–Crippen MR) is 76.7 cm³/mol. The summed E-state index contributed by atoms with van der Waals surface area (Å²) >= 11 is 0. The number of aromatic nitrogens is 3. The van der Waals surface area contributed by atoms with Gasteiger partial charge in [-0.25, -0.2) is 4.68 Å². The third-order valence-corrected chi connectivity index (χ3v) is 3.76. The van der Waals surface area contributed by atoms with Crippen molar-refractivity contribution in [2.75, 3.05) is 32.7 Å². The van der Waals surface area contributed by atoms with E-state index in [4.69, 9.17) is 4.52 Å². The number of piperazine rings is 1. The van der Waals surface area contributed by atoms with Crippen molar-refractivity contribution in [2.45, 2.75) is 13.1 Å². The van der Waals surface area contributed by atoms with Crippen LogP contribution in [-0.2, 0) is 13.1 Å². The fourth-order valence-electron chi connectivity index (χ4n) is 2.51. The van der Waals surface area contributed by atoms with E-state index >= 15 is 0 Å². The van der Waals surface area contributed by atoms with E-state index in [0.717, 1.165) is 45.0 Å². The van der Waals surface area contributed by atoms with Gasteiger partial charge in [-0.05, 0) is 6.07 Å². The van der Waals surface area contributed by atoms with Gasteiger partial charge in [0.1, 0.15) is 6.26 Å². The molecule has 0 atom stereocenters. The summed E-state index contributed by atoms with van der Waals surface area (Å²) < 4.78 is 6.37. The Balaban J connectivity index is 1.44. The summed E-state index contributed by atoms with van der Waals surface area (Å²) in [4.78, 5) is 16.3. The van der Waals surface area contributed by atoms with Crippen LogP contribution in [0, 0.1) is 0 Å². The maximum absolute atomic E-state index is 11.6. The first-order valence-corrected chi connectivity index (χ1v) is 7.17. The van der Waals surface area contributed by atoms with Crippen molar-refractivity contribution in [3.05, 3.63) is 46.7 Å². The van der Waals surface area contributed by atoms with Crippen molar-refractivity contribution >= 4 is 0 Å². The Bertz CT molecular complexity index is 602. The highest BCUT2D eigenvalue weighted by Crippen LogP contribution is 2.06. The van der Waals surface area contributed by atoms with Gasteiger partial charge in [0, 0.05) is 57.6 Å². The molecule has 7 nitrogen and oxygen atoms in total. The van der Waals surface area contributed by atoms with Gasteiger partial charge >= 0.3 is 0 Å². The second-order valence-corrected chi connectivity index (χ2v) is 5.19. The standard InChI is InChI=1S/C14H19N5O2/c20-14-2-1-4-15-19(14)10-9-17-5-7-18(8-6-17)12-13-3-11-21-16-13/h1-4,11H,5-10,12H2. The lowest BCUT2D eigenvalue weighted by Gasteiger charge is -2.34. The SMILES string of the molecule is O=c1cccnn1CCN1CCN(Cc2ccon2)CC1. The van der Waals surface area contributed by atoms with E-state index in [0.29, 0.717) is 6.54 Å². The van der Waals surface area contributed by atoms with E-state index in [9.17, 15) is 4.79 Å². The molecule has 0 radical (unpaired) electrons.